The zero-order chi connectivity index (χ0) is 19.0. The van der Waals surface area contributed by atoms with Crippen LogP contribution in [0.1, 0.15) is 33.8 Å². The predicted octanol–water partition coefficient (Wildman–Crippen LogP) is 3.00. The van der Waals surface area contributed by atoms with E-state index in [1.54, 1.807) is 12.3 Å². The highest BCUT2D eigenvalue weighted by Crippen LogP contribution is 2.33. The molecule has 1 atom stereocenters. The van der Waals surface area contributed by atoms with Gasteiger partial charge in [0.25, 0.3) is 0 Å². The summed E-state index contributed by atoms with van der Waals surface area (Å²) in [5.74, 6) is -1.38. The summed E-state index contributed by atoms with van der Waals surface area (Å²) in [4.78, 5) is 41.6. The molecule has 136 valence electrons. The predicted molar refractivity (Wildman–Crippen MR) is 99.0 cm³/mol. The number of nitrogens with one attached hydrogen (secondary N) is 1. The van der Waals surface area contributed by atoms with Crippen molar-refractivity contribution in [1.82, 2.24) is 9.88 Å². The second kappa shape index (κ2) is 6.72. The number of aromatic nitrogens is 1. The normalized spacial score (nSPS) is 16.9. The third-order valence-corrected chi connectivity index (χ3v) is 4.94. The fourth-order valence-corrected chi connectivity index (χ4v) is 3.51. The summed E-state index contributed by atoms with van der Waals surface area (Å²) in [5.41, 5.74) is 2.82. The lowest BCUT2D eigenvalue weighted by atomic mass is 9.95. The van der Waals surface area contributed by atoms with Gasteiger partial charge in [-0.05, 0) is 23.3 Å². The molecule has 0 radical (unpaired) electrons. The zero-order valence-corrected chi connectivity index (χ0v) is 14.8. The number of hydrogen-bond donors (Lipinski definition) is 1. The lowest BCUT2D eigenvalue weighted by Gasteiger charge is -2.15. The van der Waals surface area contributed by atoms with Crippen molar-refractivity contribution in [1.29, 1.82) is 0 Å². The maximum atomic E-state index is 12.9. The smallest absolute Gasteiger partial charge is 0.340 e. The third kappa shape index (κ3) is 2.99. The van der Waals surface area contributed by atoms with E-state index in [1.807, 2.05) is 42.5 Å². The molecule has 1 aliphatic rings. The summed E-state index contributed by atoms with van der Waals surface area (Å²) in [6.07, 6.45) is 1.72. The molecule has 1 fully saturated rings. The number of H-pyrrole nitrogens is 1. The Hall–Kier alpha value is -3.41. The Bertz CT molecular complexity index is 1040. The lowest BCUT2D eigenvalue weighted by Crippen LogP contribution is -2.29. The number of likely N-dealkylation sites (tertiary alicyclic amines) is 1. The molecule has 1 aromatic heterocycles. The number of benzene rings is 2. The van der Waals surface area contributed by atoms with Crippen molar-refractivity contribution < 1.29 is 19.1 Å². The first-order valence-electron chi connectivity index (χ1n) is 8.66. The van der Waals surface area contributed by atoms with Gasteiger partial charge < -0.3 is 9.72 Å². The van der Waals surface area contributed by atoms with Crippen LogP contribution in [-0.2, 0) is 20.9 Å². The number of esters is 1. The van der Waals surface area contributed by atoms with Crippen LogP contribution in [0.3, 0.4) is 0 Å². The molecule has 1 aliphatic heterocycles. The Labute approximate surface area is 155 Å². The highest BCUT2D eigenvalue weighted by molar-refractivity contribution is 6.08. The number of carbonyl (C=O) groups excluding carboxylic acids is 3. The molecular weight excluding hydrogens is 344 g/mol. The molecule has 0 bridgehead atoms. The summed E-state index contributed by atoms with van der Waals surface area (Å²) in [7, 11) is 1.33. The molecule has 2 aromatic carbocycles. The van der Waals surface area contributed by atoms with Gasteiger partial charge in [0.2, 0.25) is 11.8 Å². The van der Waals surface area contributed by atoms with Crippen molar-refractivity contribution in [3.63, 3.8) is 0 Å². The highest BCUT2D eigenvalue weighted by Gasteiger charge is 2.39. The number of amides is 2. The van der Waals surface area contributed by atoms with Gasteiger partial charge in [-0.3, -0.25) is 14.5 Å². The van der Waals surface area contributed by atoms with Gasteiger partial charge in [0.15, 0.2) is 0 Å². The van der Waals surface area contributed by atoms with Crippen molar-refractivity contribution >= 4 is 28.7 Å². The maximum Gasteiger partial charge on any atom is 0.340 e. The van der Waals surface area contributed by atoms with Gasteiger partial charge in [-0.2, -0.15) is 0 Å². The number of ether oxygens (including phenoxy) is 1. The Morgan fingerprint density at radius 2 is 1.96 bits per heavy atom. The first-order valence-corrected chi connectivity index (χ1v) is 8.66. The largest absolute Gasteiger partial charge is 0.465 e. The Morgan fingerprint density at radius 1 is 1.19 bits per heavy atom. The van der Waals surface area contributed by atoms with E-state index in [9.17, 15) is 14.4 Å². The monoisotopic (exact) mass is 362 g/mol. The Balaban J connectivity index is 1.64. The molecule has 1 unspecified atom stereocenters. The van der Waals surface area contributed by atoms with Gasteiger partial charge in [0.05, 0.1) is 25.1 Å². The molecule has 3 aromatic rings. The van der Waals surface area contributed by atoms with Crippen molar-refractivity contribution in [2.75, 3.05) is 7.11 Å². The molecule has 27 heavy (non-hydrogen) atoms. The van der Waals surface area contributed by atoms with E-state index in [1.165, 1.54) is 12.0 Å². The molecule has 6 heteroatoms. The second-order valence-corrected chi connectivity index (χ2v) is 6.56. The fourth-order valence-electron chi connectivity index (χ4n) is 3.51. The van der Waals surface area contributed by atoms with E-state index in [2.05, 4.69) is 4.98 Å². The Morgan fingerprint density at radius 3 is 2.70 bits per heavy atom. The fraction of sp³-hybridized carbons (Fsp3) is 0.190. The summed E-state index contributed by atoms with van der Waals surface area (Å²) in [6, 6.07) is 14.9. The number of carbonyl (C=O) groups is 3. The third-order valence-electron chi connectivity index (χ3n) is 4.94. The van der Waals surface area contributed by atoms with Crippen LogP contribution in [0.2, 0.25) is 0 Å². The quantitative estimate of drug-likeness (QED) is 0.572. The molecule has 0 saturated carbocycles. The standard InChI is InChI=1S/C21H18N2O4/c1-27-21(26)17-11-22-18-8-7-14(9-16(17)18)15-10-19(24)23(20(15)25)12-13-5-3-2-4-6-13/h2-9,11,15,22H,10,12H2,1H3. The van der Waals surface area contributed by atoms with Crippen LogP contribution in [0.5, 0.6) is 0 Å². The molecule has 0 aliphatic carbocycles. The highest BCUT2D eigenvalue weighted by atomic mass is 16.5. The molecule has 2 heterocycles. The van der Waals surface area contributed by atoms with Crippen LogP contribution in [0.15, 0.2) is 54.7 Å². The van der Waals surface area contributed by atoms with Crippen LogP contribution in [0.25, 0.3) is 10.9 Å². The zero-order valence-electron chi connectivity index (χ0n) is 14.8. The minimum atomic E-state index is -0.536. The van der Waals surface area contributed by atoms with E-state index in [4.69, 9.17) is 4.74 Å². The average molecular weight is 362 g/mol. The Kier molecular flexibility index (Phi) is 4.24. The molecule has 1 saturated heterocycles. The second-order valence-electron chi connectivity index (χ2n) is 6.56. The summed E-state index contributed by atoms with van der Waals surface area (Å²) >= 11 is 0. The van der Waals surface area contributed by atoms with E-state index in [0.29, 0.717) is 10.9 Å². The van der Waals surface area contributed by atoms with Crippen LogP contribution >= 0.6 is 0 Å². The van der Waals surface area contributed by atoms with Gasteiger partial charge in [-0.15, -0.1) is 0 Å². The number of nitrogens with zero attached hydrogens (tertiary/aromatic N) is 1. The van der Waals surface area contributed by atoms with Crippen LogP contribution in [0, 0.1) is 0 Å². The van der Waals surface area contributed by atoms with Crippen LogP contribution in [0.4, 0.5) is 0 Å². The first kappa shape index (κ1) is 17.0. The lowest BCUT2D eigenvalue weighted by molar-refractivity contribution is -0.139. The van der Waals surface area contributed by atoms with Gasteiger partial charge >= 0.3 is 5.97 Å². The summed E-state index contributed by atoms with van der Waals surface area (Å²) < 4.78 is 4.80. The van der Waals surface area contributed by atoms with Gasteiger partial charge in [0.1, 0.15) is 0 Å². The van der Waals surface area contributed by atoms with Gasteiger partial charge in [0, 0.05) is 23.5 Å². The number of rotatable bonds is 4. The SMILES string of the molecule is COC(=O)c1c[nH]c2ccc(C3CC(=O)N(Cc4ccccc4)C3=O)cc12. The number of hydrogen-bond acceptors (Lipinski definition) is 4. The maximum absolute atomic E-state index is 12.9. The molecular formula is C21H18N2O4. The van der Waals surface area contributed by atoms with Crippen molar-refractivity contribution in [3.8, 4) is 0 Å². The van der Waals surface area contributed by atoms with Crippen molar-refractivity contribution in [2.45, 2.75) is 18.9 Å². The van der Waals surface area contributed by atoms with E-state index >= 15 is 0 Å². The van der Waals surface area contributed by atoms with Gasteiger partial charge in [-0.25, -0.2) is 4.79 Å². The number of aromatic amines is 1. The van der Waals surface area contributed by atoms with Crippen molar-refractivity contribution in [3.05, 3.63) is 71.4 Å². The molecule has 6 nitrogen and oxygen atoms in total. The number of imide groups is 1. The topological polar surface area (TPSA) is 79.5 Å². The van der Waals surface area contributed by atoms with Crippen molar-refractivity contribution in [2.24, 2.45) is 0 Å². The van der Waals surface area contributed by atoms with E-state index in [-0.39, 0.29) is 24.8 Å². The minimum absolute atomic E-state index is 0.134. The first-order chi connectivity index (χ1) is 13.1. The van der Waals surface area contributed by atoms with E-state index < -0.39 is 11.9 Å². The van der Waals surface area contributed by atoms with E-state index in [0.717, 1.165) is 16.6 Å². The molecule has 0 spiro atoms. The average Bonchev–Trinajstić information content (AvgIpc) is 3.24. The minimum Gasteiger partial charge on any atom is -0.465 e. The summed E-state index contributed by atoms with van der Waals surface area (Å²) in [6.45, 7) is 0.273. The molecule has 2 amide bonds. The number of fused-ring (bicyclic) bond motifs is 1. The molecule has 4 rings (SSSR count). The van der Waals surface area contributed by atoms with Gasteiger partial charge in [-0.1, -0.05) is 36.4 Å². The van der Waals surface area contributed by atoms with Crippen LogP contribution < -0.4 is 0 Å². The van der Waals surface area contributed by atoms with Crippen LogP contribution in [-0.4, -0.2) is 34.8 Å². The molecule has 1 N–H and O–H groups in total. The number of methoxy groups -OCH3 is 1. The summed E-state index contributed by atoms with van der Waals surface area (Å²) in [5, 5.41) is 0.682.